The summed E-state index contributed by atoms with van der Waals surface area (Å²) in [5, 5.41) is 14.0. The smallest absolute Gasteiger partial charge is 0.161 e. The van der Waals surface area contributed by atoms with E-state index in [1.165, 1.54) is 0 Å². The van der Waals surface area contributed by atoms with Crippen LogP contribution in [0.5, 0.6) is 17.2 Å². The van der Waals surface area contributed by atoms with E-state index in [1.807, 2.05) is 42.5 Å². The van der Waals surface area contributed by atoms with E-state index in [1.54, 1.807) is 32.6 Å². The zero-order chi connectivity index (χ0) is 16.2. The average Bonchev–Trinajstić information content (AvgIpc) is 2.60. The van der Waals surface area contributed by atoms with E-state index in [0.29, 0.717) is 17.2 Å². The van der Waals surface area contributed by atoms with Crippen molar-refractivity contribution in [1.29, 1.82) is 0 Å². The van der Waals surface area contributed by atoms with Crippen molar-refractivity contribution in [2.45, 2.75) is 14.9 Å². The van der Waals surface area contributed by atoms with Crippen molar-refractivity contribution >= 4 is 42.5 Å². The van der Waals surface area contributed by atoms with Crippen LogP contribution >= 0.6 is 0 Å². The van der Waals surface area contributed by atoms with Gasteiger partial charge in [-0.2, -0.15) is 0 Å². The van der Waals surface area contributed by atoms with E-state index in [0.717, 1.165) is 16.3 Å². The number of benzene rings is 3. The second-order valence-electron chi connectivity index (χ2n) is 5.01. The second kappa shape index (κ2) is 10.6. The summed E-state index contributed by atoms with van der Waals surface area (Å²) in [5.74, 6) is 1.18. The molecule has 3 aromatic carbocycles. The van der Waals surface area contributed by atoms with Gasteiger partial charge >= 0.3 is 0 Å². The van der Waals surface area contributed by atoms with E-state index in [9.17, 15) is 5.11 Å². The third-order valence-corrected chi connectivity index (χ3v) is 3.61. The first-order valence-electron chi connectivity index (χ1n) is 7.18. The fourth-order valence-corrected chi connectivity index (χ4v) is 2.44. The molecule has 3 radical (unpaired) electrons. The molecule has 4 nitrogen and oxygen atoms in total. The molecule has 5 heteroatoms. The number of nitrogens with zero attached hydrogens (tertiary/aromatic N) is 1. The van der Waals surface area contributed by atoms with Crippen molar-refractivity contribution in [1.82, 2.24) is 0 Å². The number of methoxy groups -OCH3 is 2. The van der Waals surface area contributed by atoms with Crippen LogP contribution in [0.2, 0.25) is 0 Å². The Morgan fingerprint density at radius 1 is 0.885 bits per heavy atom. The third kappa shape index (κ3) is 4.83. The van der Waals surface area contributed by atoms with Gasteiger partial charge in [0, 0.05) is 31.4 Å². The van der Waals surface area contributed by atoms with Gasteiger partial charge in [-0.3, -0.25) is 4.99 Å². The summed E-state index contributed by atoms with van der Waals surface area (Å²) in [6.45, 7) is 0. The molecule has 0 aromatic heterocycles. The maximum Gasteiger partial charge on any atom is 0.161 e. The van der Waals surface area contributed by atoms with Gasteiger partial charge in [0.15, 0.2) is 11.5 Å². The predicted molar refractivity (Wildman–Crippen MR) is 109 cm³/mol. The van der Waals surface area contributed by atoms with E-state index in [4.69, 9.17) is 9.47 Å². The number of rotatable bonds is 4. The Bertz CT molecular complexity index is 878. The van der Waals surface area contributed by atoms with Crippen molar-refractivity contribution in [2.24, 2.45) is 4.99 Å². The normalized spacial score (nSPS) is 9.77. The van der Waals surface area contributed by atoms with E-state index < -0.39 is 0 Å². The van der Waals surface area contributed by atoms with Crippen LogP contribution in [0, 0.1) is 0 Å². The first-order chi connectivity index (χ1) is 11.2. The predicted octanol–water partition coefficient (Wildman–Crippen LogP) is 4.57. The molecule has 0 saturated carbocycles. The van der Waals surface area contributed by atoms with Crippen LogP contribution in [-0.2, 0) is 0 Å². The van der Waals surface area contributed by atoms with Crippen molar-refractivity contribution in [2.75, 3.05) is 14.2 Å². The van der Waals surface area contributed by atoms with E-state index in [2.05, 4.69) is 4.99 Å². The Balaban J connectivity index is 0.00000208. The van der Waals surface area contributed by atoms with E-state index in [-0.39, 0.29) is 40.4 Å². The first-order valence-corrected chi connectivity index (χ1v) is 7.18. The zero-order valence-corrected chi connectivity index (χ0v) is 15.9. The molecule has 0 atom stereocenters. The van der Waals surface area contributed by atoms with Crippen LogP contribution in [0.25, 0.3) is 10.8 Å². The van der Waals surface area contributed by atoms with Crippen molar-refractivity contribution < 1.29 is 14.6 Å². The van der Waals surface area contributed by atoms with Gasteiger partial charge in [0.1, 0.15) is 0 Å². The number of fused-ring (bicyclic) bond motifs is 1. The average molecular weight is 408 g/mol. The SMILES string of the molecule is C.C.COc1ccc(C=Nc2c([O-])ccc3ccccc23)cc1OC.[Ga]. The Kier molecular flexibility index (Phi) is 9.61. The van der Waals surface area contributed by atoms with Gasteiger partial charge in [-0.15, -0.1) is 0 Å². The summed E-state index contributed by atoms with van der Waals surface area (Å²) in [5.41, 5.74) is 1.27. The molecule has 0 bridgehead atoms. The quantitative estimate of drug-likeness (QED) is 0.470. The molecule has 0 N–H and O–H groups in total. The molecular formula is C21H24GaNO3-. The largest absolute Gasteiger partial charge is 0.871 e. The molecule has 3 aromatic rings. The van der Waals surface area contributed by atoms with Gasteiger partial charge < -0.3 is 14.6 Å². The summed E-state index contributed by atoms with van der Waals surface area (Å²) >= 11 is 0. The maximum absolute atomic E-state index is 12.1. The topological polar surface area (TPSA) is 53.9 Å². The number of aliphatic imine (C=N–C) groups is 1. The molecule has 0 aliphatic carbocycles. The minimum atomic E-state index is -0.0968. The molecule has 0 aliphatic rings. The Labute approximate surface area is 168 Å². The van der Waals surface area contributed by atoms with E-state index >= 15 is 0 Å². The van der Waals surface area contributed by atoms with Gasteiger partial charge in [-0.25, -0.2) is 0 Å². The first kappa shape index (κ1) is 23.6. The molecule has 0 aliphatic heterocycles. The zero-order valence-electron chi connectivity index (χ0n) is 13.5. The minimum Gasteiger partial charge on any atom is -0.871 e. The summed E-state index contributed by atoms with van der Waals surface area (Å²) in [6.07, 6.45) is 1.66. The van der Waals surface area contributed by atoms with Gasteiger partial charge in [0.05, 0.1) is 19.9 Å². The van der Waals surface area contributed by atoms with Gasteiger partial charge in [-0.1, -0.05) is 57.0 Å². The van der Waals surface area contributed by atoms with Crippen LogP contribution in [0.15, 0.2) is 59.6 Å². The summed E-state index contributed by atoms with van der Waals surface area (Å²) < 4.78 is 10.5. The Hall–Kier alpha value is -2.37. The molecule has 26 heavy (non-hydrogen) atoms. The number of ether oxygens (including phenoxy) is 2. The third-order valence-electron chi connectivity index (χ3n) is 3.61. The molecule has 0 fully saturated rings. The fourth-order valence-electron chi connectivity index (χ4n) is 2.44. The standard InChI is InChI=1S/C19H17NO3.2CH4.Ga/c1-22-17-10-7-13(11-18(17)23-2)12-20-19-15-6-4-3-5-14(15)8-9-16(19)21;;;/h3-12,21H,1-2H3;2*1H4;/p-1. The second-order valence-corrected chi connectivity index (χ2v) is 5.01. The molecule has 0 heterocycles. The van der Waals surface area contributed by atoms with Crippen molar-refractivity contribution in [3.8, 4) is 17.2 Å². The Morgan fingerprint density at radius 3 is 2.27 bits per heavy atom. The molecule has 0 unspecified atom stereocenters. The van der Waals surface area contributed by atoms with Crippen LogP contribution in [-0.4, -0.2) is 40.2 Å². The molecule has 0 saturated heterocycles. The van der Waals surface area contributed by atoms with Crippen molar-refractivity contribution in [3.63, 3.8) is 0 Å². The van der Waals surface area contributed by atoms with Gasteiger partial charge in [0.25, 0.3) is 0 Å². The molecule has 0 amide bonds. The summed E-state index contributed by atoms with van der Waals surface area (Å²) in [7, 11) is 3.17. The molecule has 135 valence electrons. The van der Waals surface area contributed by atoms with Crippen LogP contribution in [0.3, 0.4) is 0 Å². The number of hydrogen-bond donors (Lipinski definition) is 0. The number of hydrogen-bond acceptors (Lipinski definition) is 4. The minimum absolute atomic E-state index is 0. The van der Waals surface area contributed by atoms with Gasteiger partial charge in [0.2, 0.25) is 0 Å². The molecular weight excluding hydrogens is 384 g/mol. The maximum atomic E-state index is 12.1. The van der Waals surface area contributed by atoms with Crippen molar-refractivity contribution in [3.05, 3.63) is 60.2 Å². The monoisotopic (exact) mass is 407 g/mol. The summed E-state index contributed by atoms with van der Waals surface area (Å²) in [6, 6.07) is 16.5. The Morgan fingerprint density at radius 2 is 1.58 bits per heavy atom. The fraction of sp³-hybridized carbons (Fsp3) is 0.190. The van der Waals surface area contributed by atoms with Crippen LogP contribution < -0.4 is 14.6 Å². The van der Waals surface area contributed by atoms with Gasteiger partial charge in [-0.05, 0) is 29.1 Å². The summed E-state index contributed by atoms with van der Waals surface area (Å²) in [4.78, 5) is 4.40. The van der Waals surface area contributed by atoms with Crippen LogP contribution in [0.4, 0.5) is 5.69 Å². The molecule has 0 spiro atoms. The molecule has 3 rings (SSSR count). The van der Waals surface area contributed by atoms with Crippen LogP contribution in [0.1, 0.15) is 20.4 Å².